The first-order valence-electron chi connectivity index (χ1n) is 40.1. The number of phosphoric acid groups is 2. The number of carbonyl (C=O) groups excluding carboxylic acids is 4. The molecule has 0 fully saturated rings. The molecule has 3 N–H and O–H groups in total. The molecule has 0 aromatic rings. The molecule has 0 heterocycles. The van der Waals surface area contributed by atoms with Crippen molar-refractivity contribution in [3.63, 3.8) is 0 Å². The number of unbranched alkanes of at least 4 members (excludes halogenated alkanes) is 49. The Balaban J connectivity index is 5.26. The van der Waals surface area contributed by atoms with Gasteiger partial charge in [-0.05, 0) is 31.6 Å². The second-order valence-corrected chi connectivity index (χ2v) is 31.1. The van der Waals surface area contributed by atoms with Gasteiger partial charge in [-0.15, -0.1) is 0 Å². The Bertz CT molecular complexity index is 1840. The molecule has 570 valence electrons. The first kappa shape index (κ1) is 94.1. The van der Waals surface area contributed by atoms with E-state index in [1.807, 2.05) is 0 Å². The normalized spacial score (nSPS) is 13.9. The molecule has 0 rings (SSSR count). The van der Waals surface area contributed by atoms with Crippen molar-refractivity contribution in [2.45, 2.75) is 425 Å². The molecule has 0 saturated heterocycles. The fourth-order valence-corrected chi connectivity index (χ4v) is 13.5. The molecular weight excluding hydrogens is 1260 g/mol. The van der Waals surface area contributed by atoms with Gasteiger partial charge in [0.1, 0.15) is 19.3 Å². The fraction of sp³-hybridized carbons (Fsp3) is 0.948. The van der Waals surface area contributed by atoms with Crippen LogP contribution in [-0.4, -0.2) is 96.7 Å². The molecule has 0 bridgehead atoms. The maximum atomic E-state index is 13.1. The summed E-state index contributed by atoms with van der Waals surface area (Å²) in [6.45, 7) is 7.32. The molecule has 0 aliphatic carbocycles. The van der Waals surface area contributed by atoms with E-state index in [1.54, 1.807) is 0 Å². The lowest BCUT2D eigenvalue weighted by Crippen LogP contribution is -2.30. The lowest BCUT2D eigenvalue weighted by Gasteiger charge is -2.21. The predicted octanol–water partition coefficient (Wildman–Crippen LogP) is 22.9. The molecule has 5 atom stereocenters. The molecular formula is C77H150O17P2. The maximum Gasteiger partial charge on any atom is 0.472 e. The summed E-state index contributed by atoms with van der Waals surface area (Å²) in [5.74, 6) is -1.33. The molecule has 0 amide bonds. The molecule has 96 heavy (non-hydrogen) atoms. The Kier molecular flexibility index (Phi) is 68.7. The first-order chi connectivity index (χ1) is 46.5. The number of esters is 4. The molecule has 0 aromatic heterocycles. The van der Waals surface area contributed by atoms with E-state index in [2.05, 4.69) is 34.6 Å². The molecule has 19 heteroatoms. The van der Waals surface area contributed by atoms with E-state index in [0.717, 1.165) is 95.8 Å². The van der Waals surface area contributed by atoms with Crippen LogP contribution in [0.25, 0.3) is 0 Å². The third kappa shape index (κ3) is 70.5. The summed E-state index contributed by atoms with van der Waals surface area (Å²) in [5.41, 5.74) is 0. The number of aliphatic hydroxyl groups is 1. The molecule has 0 radical (unpaired) electrons. The summed E-state index contributed by atoms with van der Waals surface area (Å²) in [5, 5.41) is 10.6. The predicted molar refractivity (Wildman–Crippen MR) is 391 cm³/mol. The van der Waals surface area contributed by atoms with Crippen molar-refractivity contribution in [2.24, 2.45) is 5.92 Å². The highest BCUT2D eigenvalue weighted by atomic mass is 31.2. The van der Waals surface area contributed by atoms with Crippen LogP contribution in [-0.2, 0) is 65.4 Å². The van der Waals surface area contributed by atoms with Crippen molar-refractivity contribution in [2.75, 3.05) is 39.6 Å². The minimum Gasteiger partial charge on any atom is -0.462 e. The number of carbonyl (C=O) groups is 4. The van der Waals surface area contributed by atoms with E-state index in [4.69, 9.17) is 37.0 Å². The van der Waals surface area contributed by atoms with Gasteiger partial charge in [0.2, 0.25) is 0 Å². The second-order valence-electron chi connectivity index (χ2n) is 28.2. The van der Waals surface area contributed by atoms with Gasteiger partial charge >= 0.3 is 39.5 Å². The molecule has 0 saturated carbocycles. The van der Waals surface area contributed by atoms with Crippen LogP contribution in [0.15, 0.2) is 0 Å². The Hall–Kier alpha value is -1.94. The van der Waals surface area contributed by atoms with Gasteiger partial charge in [-0.3, -0.25) is 37.3 Å². The van der Waals surface area contributed by atoms with Crippen molar-refractivity contribution >= 4 is 39.5 Å². The molecule has 0 aromatic carbocycles. The quantitative estimate of drug-likeness (QED) is 0.0222. The highest BCUT2D eigenvalue weighted by Gasteiger charge is 2.30. The van der Waals surface area contributed by atoms with E-state index in [-0.39, 0.29) is 25.7 Å². The van der Waals surface area contributed by atoms with Gasteiger partial charge in [-0.2, -0.15) is 0 Å². The Morgan fingerprint density at radius 1 is 0.281 bits per heavy atom. The molecule has 0 aliphatic rings. The van der Waals surface area contributed by atoms with Crippen LogP contribution in [0.2, 0.25) is 0 Å². The summed E-state index contributed by atoms with van der Waals surface area (Å²) in [7, 11) is -9.91. The van der Waals surface area contributed by atoms with E-state index in [1.165, 1.54) is 231 Å². The van der Waals surface area contributed by atoms with Gasteiger partial charge in [0.25, 0.3) is 0 Å². The van der Waals surface area contributed by atoms with Gasteiger partial charge in [-0.25, -0.2) is 9.13 Å². The van der Waals surface area contributed by atoms with Crippen molar-refractivity contribution in [3.05, 3.63) is 0 Å². The fourth-order valence-electron chi connectivity index (χ4n) is 11.9. The van der Waals surface area contributed by atoms with E-state index in [0.29, 0.717) is 25.7 Å². The number of aliphatic hydroxyl groups excluding tert-OH is 1. The van der Waals surface area contributed by atoms with Crippen molar-refractivity contribution in [3.8, 4) is 0 Å². The maximum absolute atomic E-state index is 13.1. The van der Waals surface area contributed by atoms with E-state index < -0.39 is 97.5 Å². The number of rotatable bonds is 77. The number of phosphoric ester groups is 2. The van der Waals surface area contributed by atoms with Gasteiger partial charge < -0.3 is 33.8 Å². The highest BCUT2D eigenvalue weighted by molar-refractivity contribution is 7.47. The molecule has 17 nitrogen and oxygen atoms in total. The average molecular weight is 1410 g/mol. The third-order valence-electron chi connectivity index (χ3n) is 18.0. The SMILES string of the molecule is CCCCCCCCCCCCCCCCCC(=O)OC[C@H](COP(=O)(O)OC[C@@H](O)COP(=O)(O)OC[C@@H](COC(=O)CCCCCCCCCCCCCCC)OC(=O)CCCCCCCCCCCCCCC)OC(=O)CCCCCCCCCCCCCCC(C)C. The summed E-state index contributed by atoms with van der Waals surface area (Å²) in [6, 6.07) is 0. The van der Waals surface area contributed by atoms with Crippen molar-refractivity contribution < 1.29 is 80.2 Å². The topological polar surface area (TPSA) is 237 Å². The van der Waals surface area contributed by atoms with Crippen molar-refractivity contribution in [1.82, 2.24) is 0 Å². The first-order valence-corrected chi connectivity index (χ1v) is 43.1. The third-order valence-corrected chi connectivity index (χ3v) is 19.9. The summed E-state index contributed by atoms with van der Waals surface area (Å²) < 4.78 is 68.6. The lowest BCUT2D eigenvalue weighted by molar-refractivity contribution is -0.161. The van der Waals surface area contributed by atoms with Crippen LogP contribution < -0.4 is 0 Å². The zero-order valence-electron chi connectivity index (χ0n) is 62.5. The lowest BCUT2D eigenvalue weighted by atomic mass is 10.0. The largest absolute Gasteiger partial charge is 0.472 e. The summed E-state index contributed by atoms with van der Waals surface area (Å²) in [4.78, 5) is 72.9. The van der Waals surface area contributed by atoms with Crippen LogP contribution in [0.4, 0.5) is 0 Å². The summed E-state index contributed by atoms with van der Waals surface area (Å²) in [6.07, 6.45) is 59.4. The van der Waals surface area contributed by atoms with Gasteiger partial charge in [0, 0.05) is 25.7 Å². The Morgan fingerprint density at radius 2 is 0.479 bits per heavy atom. The van der Waals surface area contributed by atoms with Crippen LogP contribution in [0.3, 0.4) is 0 Å². The molecule has 0 spiro atoms. The van der Waals surface area contributed by atoms with Gasteiger partial charge in [0.05, 0.1) is 26.4 Å². The zero-order valence-corrected chi connectivity index (χ0v) is 64.3. The van der Waals surface area contributed by atoms with Crippen LogP contribution in [0, 0.1) is 5.92 Å². The Labute approximate surface area is 588 Å². The number of hydrogen-bond donors (Lipinski definition) is 3. The van der Waals surface area contributed by atoms with Gasteiger partial charge in [-0.1, -0.05) is 356 Å². The standard InChI is InChI=1S/C77H150O17P2/c1-6-9-12-15-18-21-24-27-28-31-36-41-46-51-56-61-75(80)88-67-73(94-77(82)63-58-53-48-43-38-33-32-34-39-44-49-54-59-70(4)5)69-92-96(85,86)90-65-71(78)64-89-95(83,84)91-68-72(93-76(81)62-57-52-47-42-37-30-26-23-20-17-14-11-8-3)66-87-74(79)60-55-50-45-40-35-29-25-22-19-16-13-10-7-2/h70-73,78H,6-69H2,1-5H3,(H,83,84)(H,85,86)/t71-,72+,73+/m0/s1. The average Bonchev–Trinajstić information content (AvgIpc) is 2.22. The Morgan fingerprint density at radius 3 is 0.708 bits per heavy atom. The smallest absolute Gasteiger partial charge is 0.462 e. The number of ether oxygens (including phenoxy) is 4. The zero-order chi connectivity index (χ0) is 70.5. The van der Waals surface area contributed by atoms with Crippen LogP contribution in [0.1, 0.15) is 407 Å². The minimum absolute atomic E-state index is 0.108. The molecule has 0 aliphatic heterocycles. The minimum atomic E-state index is -4.96. The summed E-state index contributed by atoms with van der Waals surface area (Å²) >= 11 is 0. The second kappa shape index (κ2) is 70.1. The van der Waals surface area contributed by atoms with Crippen LogP contribution in [0.5, 0.6) is 0 Å². The number of hydrogen-bond acceptors (Lipinski definition) is 15. The molecule has 2 unspecified atom stereocenters. The highest BCUT2D eigenvalue weighted by Crippen LogP contribution is 2.45. The van der Waals surface area contributed by atoms with Gasteiger partial charge in [0.15, 0.2) is 12.2 Å². The van der Waals surface area contributed by atoms with E-state index >= 15 is 0 Å². The monoisotopic (exact) mass is 1410 g/mol. The van der Waals surface area contributed by atoms with Crippen molar-refractivity contribution in [1.29, 1.82) is 0 Å². The van der Waals surface area contributed by atoms with Crippen LogP contribution >= 0.6 is 15.6 Å². The van der Waals surface area contributed by atoms with E-state index in [9.17, 15) is 43.2 Å².